The quantitative estimate of drug-likeness (QED) is 0.544. The molecule has 0 atom stereocenters. The third-order valence-corrected chi connectivity index (χ3v) is 6.31. The number of thiophene rings is 1. The second kappa shape index (κ2) is 5.43. The molecule has 2 aromatic heterocycles. The Balaban J connectivity index is 1.89. The number of halogens is 2. The van der Waals surface area contributed by atoms with Crippen molar-refractivity contribution in [3.63, 3.8) is 0 Å². The van der Waals surface area contributed by atoms with Crippen molar-refractivity contribution in [2.45, 2.75) is 12.2 Å². The van der Waals surface area contributed by atoms with Crippen molar-refractivity contribution in [1.29, 1.82) is 0 Å². The van der Waals surface area contributed by atoms with E-state index in [0.29, 0.717) is 16.0 Å². The van der Waals surface area contributed by atoms with Gasteiger partial charge in [-0.05, 0) is 35.9 Å². The molecule has 0 bridgehead atoms. The molecule has 6 heteroatoms. The van der Waals surface area contributed by atoms with Crippen LogP contribution in [0.3, 0.4) is 0 Å². The van der Waals surface area contributed by atoms with Crippen LogP contribution in [0.4, 0.5) is 0 Å². The lowest BCUT2D eigenvalue weighted by Gasteiger charge is -2.08. The van der Waals surface area contributed by atoms with E-state index in [4.69, 9.17) is 23.2 Å². The van der Waals surface area contributed by atoms with Crippen molar-refractivity contribution < 1.29 is 0 Å². The van der Waals surface area contributed by atoms with Crippen LogP contribution < -0.4 is 0 Å². The van der Waals surface area contributed by atoms with Crippen LogP contribution in [0.25, 0.3) is 21.6 Å². The average Bonchev–Trinajstić information content (AvgIpc) is 2.91. The summed E-state index contributed by atoms with van der Waals surface area (Å²) in [5.74, 6) is 2.97. The fourth-order valence-electron chi connectivity index (χ4n) is 2.47. The zero-order chi connectivity index (χ0) is 14.4. The highest BCUT2D eigenvalue weighted by Crippen LogP contribution is 2.37. The maximum atomic E-state index is 6.31. The standard InChI is InChI=1S/C15H10Cl2N2S2/c16-9-2-1-3-10-13(9)14(17)19-15(18-10)12-6-8-7-20-5-4-11(8)21-12/h1-3,6H,4-5,7H2. The Morgan fingerprint density at radius 1 is 1.14 bits per heavy atom. The van der Waals surface area contributed by atoms with E-state index in [9.17, 15) is 0 Å². The lowest BCUT2D eigenvalue weighted by atomic mass is 10.2. The Hall–Kier alpha value is -0.810. The summed E-state index contributed by atoms with van der Waals surface area (Å²) in [7, 11) is 0. The normalized spacial score (nSPS) is 14.4. The van der Waals surface area contributed by atoms with Gasteiger partial charge in [-0.15, -0.1) is 11.3 Å². The molecule has 0 fully saturated rings. The smallest absolute Gasteiger partial charge is 0.171 e. The molecule has 2 nitrogen and oxygen atoms in total. The zero-order valence-corrected chi connectivity index (χ0v) is 14.0. The first-order chi connectivity index (χ1) is 10.2. The van der Waals surface area contributed by atoms with Gasteiger partial charge in [0, 0.05) is 10.6 Å². The molecule has 0 amide bonds. The number of rotatable bonds is 1. The monoisotopic (exact) mass is 352 g/mol. The predicted octanol–water partition coefficient (Wildman–Crippen LogP) is 5.45. The van der Waals surface area contributed by atoms with Crippen molar-refractivity contribution in [2.75, 3.05) is 5.75 Å². The third-order valence-electron chi connectivity index (χ3n) is 3.48. The van der Waals surface area contributed by atoms with Crippen LogP contribution in [0.15, 0.2) is 24.3 Å². The van der Waals surface area contributed by atoms with Crippen LogP contribution in [-0.4, -0.2) is 15.7 Å². The van der Waals surface area contributed by atoms with E-state index >= 15 is 0 Å². The van der Waals surface area contributed by atoms with Crippen molar-refractivity contribution in [2.24, 2.45) is 0 Å². The zero-order valence-electron chi connectivity index (χ0n) is 10.9. The van der Waals surface area contributed by atoms with Crippen molar-refractivity contribution >= 4 is 57.2 Å². The molecule has 0 radical (unpaired) electrons. The van der Waals surface area contributed by atoms with Gasteiger partial charge in [0.2, 0.25) is 0 Å². The summed E-state index contributed by atoms with van der Waals surface area (Å²) in [6.07, 6.45) is 1.14. The number of nitrogens with zero attached hydrogens (tertiary/aromatic N) is 2. The molecule has 0 spiro atoms. The largest absolute Gasteiger partial charge is 0.227 e. The van der Waals surface area contributed by atoms with Gasteiger partial charge in [0.15, 0.2) is 5.82 Å². The van der Waals surface area contributed by atoms with E-state index in [1.807, 2.05) is 23.9 Å². The van der Waals surface area contributed by atoms with E-state index in [1.165, 1.54) is 16.2 Å². The lowest BCUT2D eigenvalue weighted by Crippen LogP contribution is -1.96. The van der Waals surface area contributed by atoms with Gasteiger partial charge in [-0.2, -0.15) is 11.8 Å². The van der Waals surface area contributed by atoms with Crippen molar-refractivity contribution in [3.8, 4) is 10.7 Å². The second-order valence-corrected chi connectivity index (χ2v) is 7.84. The third kappa shape index (κ3) is 2.44. The molecule has 0 saturated heterocycles. The number of benzene rings is 1. The van der Waals surface area contributed by atoms with E-state index in [0.717, 1.165) is 28.0 Å². The van der Waals surface area contributed by atoms with Gasteiger partial charge in [-0.3, -0.25) is 0 Å². The summed E-state index contributed by atoms with van der Waals surface area (Å²) in [6, 6.07) is 7.81. The molecule has 4 rings (SSSR count). The maximum Gasteiger partial charge on any atom is 0.171 e. The van der Waals surface area contributed by atoms with E-state index < -0.39 is 0 Å². The number of fused-ring (bicyclic) bond motifs is 2. The van der Waals surface area contributed by atoms with E-state index in [1.54, 1.807) is 17.4 Å². The molecule has 21 heavy (non-hydrogen) atoms. The molecule has 3 heterocycles. The molecular weight excluding hydrogens is 343 g/mol. The molecular formula is C15H10Cl2N2S2. The van der Waals surface area contributed by atoms with Crippen molar-refractivity contribution in [1.82, 2.24) is 9.97 Å². The summed E-state index contributed by atoms with van der Waals surface area (Å²) < 4.78 is 0. The predicted molar refractivity (Wildman–Crippen MR) is 92.7 cm³/mol. The summed E-state index contributed by atoms with van der Waals surface area (Å²) in [4.78, 5) is 11.6. The molecule has 0 saturated carbocycles. The van der Waals surface area contributed by atoms with Crippen LogP contribution in [0.1, 0.15) is 10.4 Å². The Morgan fingerprint density at radius 2 is 2.05 bits per heavy atom. The molecule has 106 valence electrons. The Labute approximate surface area is 140 Å². The summed E-state index contributed by atoms with van der Waals surface area (Å²) in [6.45, 7) is 0. The minimum Gasteiger partial charge on any atom is -0.227 e. The molecule has 0 aliphatic carbocycles. The van der Waals surface area contributed by atoms with E-state index in [-0.39, 0.29) is 0 Å². The van der Waals surface area contributed by atoms with Crippen LogP contribution in [-0.2, 0) is 12.2 Å². The summed E-state index contributed by atoms with van der Waals surface area (Å²) in [5, 5.41) is 1.73. The first-order valence-electron chi connectivity index (χ1n) is 6.54. The lowest BCUT2D eigenvalue weighted by molar-refractivity contribution is 1.13. The average molecular weight is 353 g/mol. The molecule has 0 unspecified atom stereocenters. The van der Waals surface area contributed by atoms with Gasteiger partial charge in [-0.25, -0.2) is 9.97 Å². The van der Waals surface area contributed by atoms with Gasteiger partial charge >= 0.3 is 0 Å². The Bertz CT molecular complexity index is 822. The van der Waals surface area contributed by atoms with Gasteiger partial charge in [-0.1, -0.05) is 29.3 Å². The molecule has 3 aromatic rings. The van der Waals surface area contributed by atoms with Gasteiger partial charge in [0.25, 0.3) is 0 Å². The van der Waals surface area contributed by atoms with Crippen LogP contribution in [0.5, 0.6) is 0 Å². The molecule has 1 aromatic carbocycles. The minimum absolute atomic E-state index is 0.418. The van der Waals surface area contributed by atoms with Crippen LogP contribution >= 0.6 is 46.3 Å². The highest BCUT2D eigenvalue weighted by atomic mass is 35.5. The van der Waals surface area contributed by atoms with Crippen LogP contribution in [0.2, 0.25) is 10.2 Å². The number of thioether (sulfide) groups is 1. The number of hydrogen-bond acceptors (Lipinski definition) is 4. The molecule has 1 aliphatic rings. The highest BCUT2D eigenvalue weighted by molar-refractivity contribution is 7.98. The topological polar surface area (TPSA) is 25.8 Å². The van der Waals surface area contributed by atoms with Gasteiger partial charge in [0.05, 0.1) is 20.8 Å². The maximum absolute atomic E-state index is 6.31. The van der Waals surface area contributed by atoms with Crippen LogP contribution in [0, 0.1) is 0 Å². The first kappa shape index (κ1) is 13.8. The van der Waals surface area contributed by atoms with Gasteiger partial charge in [0.1, 0.15) is 5.15 Å². The fourth-order valence-corrected chi connectivity index (χ4v) is 5.36. The fraction of sp³-hybridized carbons (Fsp3) is 0.200. The first-order valence-corrected chi connectivity index (χ1v) is 9.26. The SMILES string of the molecule is Clc1cccc2nc(-c3cc4c(s3)CCSC4)nc(Cl)c12. The van der Waals surface area contributed by atoms with Crippen molar-refractivity contribution in [3.05, 3.63) is 44.9 Å². The second-order valence-electron chi connectivity index (χ2n) is 4.83. The molecule has 1 aliphatic heterocycles. The number of hydrogen-bond donors (Lipinski definition) is 0. The van der Waals surface area contributed by atoms with E-state index in [2.05, 4.69) is 16.0 Å². The molecule has 0 N–H and O–H groups in total. The summed E-state index contributed by atoms with van der Waals surface area (Å²) >= 11 is 16.2. The highest BCUT2D eigenvalue weighted by Gasteiger charge is 2.17. The minimum atomic E-state index is 0.418. The number of aromatic nitrogens is 2. The Morgan fingerprint density at radius 3 is 2.90 bits per heavy atom. The number of aryl methyl sites for hydroxylation is 1. The summed E-state index contributed by atoms with van der Waals surface area (Å²) in [5.41, 5.74) is 2.20. The Kier molecular flexibility index (Phi) is 3.58. The van der Waals surface area contributed by atoms with Gasteiger partial charge < -0.3 is 0 Å².